The first-order valence-corrected chi connectivity index (χ1v) is 7.68. The summed E-state index contributed by atoms with van der Waals surface area (Å²) in [4.78, 5) is 0. The fraction of sp³-hybridized carbons (Fsp3) is 0.0526. The predicted molar refractivity (Wildman–Crippen MR) is 89.9 cm³/mol. The number of rotatable bonds is 5. The van der Waals surface area contributed by atoms with Crippen LogP contribution >= 0.6 is 0 Å². The highest BCUT2D eigenvalue weighted by Crippen LogP contribution is 2.25. The van der Waals surface area contributed by atoms with Crippen molar-refractivity contribution < 1.29 is 18.9 Å². The van der Waals surface area contributed by atoms with Gasteiger partial charge in [-0.25, -0.2) is 0 Å². The van der Waals surface area contributed by atoms with Crippen LogP contribution < -0.4 is 4.74 Å². The van der Waals surface area contributed by atoms with Gasteiger partial charge in [0.1, 0.15) is 18.1 Å². The van der Waals surface area contributed by atoms with Crippen molar-refractivity contribution in [2.24, 2.45) is 0 Å². The van der Waals surface area contributed by atoms with Gasteiger partial charge in [0.15, 0.2) is 11.5 Å². The first-order chi connectivity index (χ1) is 12.3. The number of aromatic nitrogens is 2. The Morgan fingerprint density at radius 2 is 1.48 bits per heavy atom. The summed E-state index contributed by atoms with van der Waals surface area (Å²) in [5.74, 6) is 1.75. The Hall–Kier alpha value is -3.54. The van der Waals surface area contributed by atoms with Crippen LogP contribution in [0.15, 0.2) is 75.8 Å². The summed E-state index contributed by atoms with van der Waals surface area (Å²) in [6, 6.07) is 20.4. The Morgan fingerprint density at radius 3 is 2.20 bits per heavy atom. The van der Waals surface area contributed by atoms with Gasteiger partial charge in [-0.2, -0.15) is 0 Å². The molecule has 0 fully saturated rings. The van der Waals surface area contributed by atoms with Crippen molar-refractivity contribution in [2.45, 2.75) is 6.61 Å². The molecule has 0 saturated carbocycles. The molecule has 1 N–H and O–H groups in total. The Bertz CT molecular complexity index is 959. The van der Waals surface area contributed by atoms with Crippen LogP contribution in [0.3, 0.4) is 0 Å². The lowest BCUT2D eigenvalue weighted by molar-refractivity contribution is 0.290. The van der Waals surface area contributed by atoms with Crippen LogP contribution in [-0.4, -0.2) is 15.4 Å². The van der Waals surface area contributed by atoms with E-state index in [1.54, 1.807) is 0 Å². The van der Waals surface area contributed by atoms with Crippen LogP contribution in [0.5, 0.6) is 11.6 Å². The zero-order valence-corrected chi connectivity index (χ0v) is 13.1. The topological polar surface area (TPSA) is 81.5 Å². The molecule has 124 valence electrons. The Morgan fingerprint density at radius 1 is 0.800 bits per heavy atom. The maximum absolute atomic E-state index is 9.22. The van der Waals surface area contributed by atoms with Gasteiger partial charge in [-0.1, -0.05) is 35.5 Å². The van der Waals surface area contributed by atoms with Gasteiger partial charge in [0.05, 0.1) is 0 Å². The van der Waals surface area contributed by atoms with E-state index in [9.17, 15) is 5.11 Å². The van der Waals surface area contributed by atoms with Crippen LogP contribution in [0, 0.1) is 0 Å². The molecule has 2 aromatic heterocycles. The molecule has 0 aliphatic heterocycles. The van der Waals surface area contributed by atoms with Gasteiger partial charge >= 0.3 is 0 Å². The standard InChI is InChI=1S/C19H14N2O4/c22-19-11-18(25-21-19)14-6-8-16(9-7-14)23-12-15-10-17(24-20-15)13-4-2-1-3-5-13/h1-11H,12H2,(H,21,22). The first-order valence-electron chi connectivity index (χ1n) is 7.68. The van der Waals surface area contributed by atoms with Crippen molar-refractivity contribution in [1.82, 2.24) is 10.3 Å². The van der Waals surface area contributed by atoms with Gasteiger partial charge in [-0.3, -0.25) is 0 Å². The van der Waals surface area contributed by atoms with Crippen molar-refractivity contribution in [3.05, 3.63) is 72.4 Å². The minimum Gasteiger partial charge on any atom is -0.491 e. The van der Waals surface area contributed by atoms with Gasteiger partial charge < -0.3 is 18.9 Å². The molecule has 0 aliphatic carbocycles. The van der Waals surface area contributed by atoms with Crippen LogP contribution in [0.2, 0.25) is 0 Å². The minimum absolute atomic E-state index is 0.143. The SMILES string of the molecule is Oc1cc(-c2ccc(OCc3cc(-c4ccccc4)on3)cc2)on1. The summed E-state index contributed by atoms with van der Waals surface area (Å²) in [5, 5.41) is 16.7. The second kappa shape index (κ2) is 6.52. The van der Waals surface area contributed by atoms with E-state index in [1.165, 1.54) is 6.07 Å². The third-order valence-electron chi connectivity index (χ3n) is 3.64. The smallest absolute Gasteiger partial charge is 0.252 e. The molecule has 25 heavy (non-hydrogen) atoms. The first kappa shape index (κ1) is 15.0. The summed E-state index contributed by atoms with van der Waals surface area (Å²) in [6.07, 6.45) is 0. The summed E-state index contributed by atoms with van der Waals surface area (Å²) in [5.41, 5.74) is 2.48. The van der Waals surface area contributed by atoms with E-state index < -0.39 is 0 Å². The molecule has 4 aromatic rings. The van der Waals surface area contributed by atoms with Crippen molar-refractivity contribution in [1.29, 1.82) is 0 Å². The average molecular weight is 334 g/mol. The number of nitrogens with zero attached hydrogens (tertiary/aromatic N) is 2. The Kier molecular flexibility index (Phi) is 3.92. The van der Waals surface area contributed by atoms with E-state index in [1.807, 2.05) is 60.7 Å². The summed E-state index contributed by atoms with van der Waals surface area (Å²) in [7, 11) is 0. The molecule has 6 heteroatoms. The van der Waals surface area contributed by atoms with Crippen LogP contribution in [-0.2, 0) is 6.61 Å². The number of hydrogen-bond acceptors (Lipinski definition) is 6. The third kappa shape index (κ3) is 3.37. The van der Waals surface area contributed by atoms with E-state index in [0.29, 0.717) is 29.6 Å². The highest BCUT2D eigenvalue weighted by atomic mass is 16.5. The fourth-order valence-corrected chi connectivity index (χ4v) is 2.39. The maximum atomic E-state index is 9.22. The molecule has 0 amide bonds. The highest BCUT2D eigenvalue weighted by Gasteiger charge is 2.08. The van der Waals surface area contributed by atoms with Crippen LogP contribution in [0.4, 0.5) is 0 Å². The molecule has 0 unspecified atom stereocenters. The van der Waals surface area contributed by atoms with E-state index in [2.05, 4.69) is 10.3 Å². The lowest BCUT2D eigenvalue weighted by Crippen LogP contribution is -1.95. The van der Waals surface area contributed by atoms with Gasteiger partial charge in [0, 0.05) is 23.3 Å². The highest BCUT2D eigenvalue weighted by molar-refractivity contribution is 5.59. The monoisotopic (exact) mass is 334 g/mol. The lowest BCUT2D eigenvalue weighted by atomic mass is 10.1. The quantitative estimate of drug-likeness (QED) is 0.586. The number of benzene rings is 2. The molecule has 2 aromatic carbocycles. The van der Waals surface area contributed by atoms with Gasteiger partial charge in [0.25, 0.3) is 5.88 Å². The molecule has 0 spiro atoms. The zero-order valence-electron chi connectivity index (χ0n) is 13.1. The van der Waals surface area contributed by atoms with E-state index in [4.69, 9.17) is 13.8 Å². The molecule has 0 radical (unpaired) electrons. The summed E-state index contributed by atoms with van der Waals surface area (Å²) in [6.45, 7) is 0.304. The normalized spacial score (nSPS) is 10.7. The molecule has 0 saturated heterocycles. The van der Waals surface area contributed by atoms with Crippen molar-refractivity contribution in [3.8, 4) is 34.3 Å². The number of aromatic hydroxyl groups is 1. The second-order valence-corrected chi connectivity index (χ2v) is 5.41. The second-order valence-electron chi connectivity index (χ2n) is 5.41. The lowest BCUT2D eigenvalue weighted by Gasteiger charge is -2.04. The molecule has 4 rings (SSSR count). The van der Waals surface area contributed by atoms with Gasteiger partial charge in [0.2, 0.25) is 0 Å². The number of hydrogen-bond donors (Lipinski definition) is 1. The number of ether oxygens (including phenoxy) is 1. The average Bonchev–Trinajstić information content (AvgIpc) is 3.30. The minimum atomic E-state index is -0.143. The van der Waals surface area contributed by atoms with Crippen molar-refractivity contribution in [3.63, 3.8) is 0 Å². The molecule has 6 nitrogen and oxygen atoms in total. The van der Waals surface area contributed by atoms with Gasteiger partial charge in [-0.15, -0.1) is 0 Å². The van der Waals surface area contributed by atoms with Crippen molar-refractivity contribution in [2.75, 3.05) is 0 Å². The molecule has 2 heterocycles. The molecule has 0 bridgehead atoms. The predicted octanol–water partition coefficient (Wildman–Crippen LogP) is 4.28. The summed E-state index contributed by atoms with van der Waals surface area (Å²) >= 11 is 0. The van der Waals surface area contributed by atoms with Crippen molar-refractivity contribution >= 4 is 0 Å². The van der Waals surface area contributed by atoms with Crippen LogP contribution in [0.25, 0.3) is 22.6 Å². The Labute approximate surface area is 143 Å². The zero-order chi connectivity index (χ0) is 17.1. The molecular formula is C19H14N2O4. The van der Waals surface area contributed by atoms with Gasteiger partial charge in [-0.05, 0) is 29.4 Å². The molecule has 0 aliphatic rings. The molecule has 0 atom stereocenters. The molecular weight excluding hydrogens is 320 g/mol. The van der Waals surface area contributed by atoms with E-state index >= 15 is 0 Å². The fourth-order valence-electron chi connectivity index (χ4n) is 2.39. The van der Waals surface area contributed by atoms with E-state index in [-0.39, 0.29) is 5.88 Å². The third-order valence-corrected chi connectivity index (χ3v) is 3.64. The van der Waals surface area contributed by atoms with Crippen LogP contribution in [0.1, 0.15) is 5.69 Å². The Balaban J connectivity index is 1.41. The van der Waals surface area contributed by atoms with E-state index in [0.717, 1.165) is 11.1 Å². The summed E-state index contributed by atoms with van der Waals surface area (Å²) < 4.78 is 16.1. The maximum Gasteiger partial charge on any atom is 0.252 e. The largest absolute Gasteiger partial charge is 0.491 e.